The van der Waals surface area contributed by atoms with Crippen molar-refractivity contribution in [2.75, 3.05) is 6.54 Å². The summed E-state index contributed by atoms with van der Waals surface area (Å²) in [6, 6.07) is 6.86. The fraction of sp³-hybridized carbons (Fsp3) is 0.429. The van der Waals surface area contributed by atoms with E-state index in [9.17, 15) is 14.7 Å². The van der Waals surface area contributed by atoms with Crippen LogP contribution in [0, 0.1) is 0 Å². The molecule has 1 fully saturated rings. The second-order valence-corrected chi connectivity index (χ2v) is 5.14. The summed E-state index contributed by atoms with van der Waals surface area (Å²) in [4.78, 5) is 25.4. The molecule has 0 bridgehead atoms. The molecule has 0 unspecified atom stereocenters. The van der Waals surface area contributed by atoms with Gasteiger partial charge in [-0.15, -0.1) is 0 Å². The molecule has 0 spiro atoms. The Balaban J connectivity index is 1.75. The van der Waals surface area contributed by atoms with Gasteiger partial charge in [0.25, 0.3) is 11.8 Å². The zero-order valence-corrected chi connectivity index (χ0v) is 10.1. The van der Waals surface area contributed by atoms with Crippen molar-refractivity contribution < 1.29 is 14.7 Å². The fourth-order valence-corrected chi connectivity index (χ4v) is 2.60. The number of imide groups is 1. The summed E-state index contributed by atoms with van der Waals surface area (Å²) < 4.78 is 0. The van der Waals surface area contributed by atoms with Crippen LogP contribution in [-0.4, -0.2) is 34.0 Å². The van der Waals surface area contributed by atoms with E-state index in [1.165, 1.54) is 4.90 Å². The molecule has 1 aromatic carbocycles. The average Bonchev–Trinajstić information content (AvgIpc) is 2.59. The lowest BCUT2D eigenvalue weighted by Gasteiger charge is -2.37. The number of carbonyl (C=O) groups excluding carboxylic acids is 2. The molecule has 0 aromatic heterocycles. The molecule has 4 heteroatoms. The largest absolute Gasteiger partial charge is 0.390 e. The lowest BCUT2D eigenvalue weighted by atomic mass is 9.78. The van der Waals surface area contributed by atoms with E-state index in [0.29, 0.717) is 24.1 Å². The van der Waals surface area contributed by atoms with Crippen LogP contribution < -0.4 is 0 Å². The summed E-state index contributed by atoms with van der Waals surface area (Å²) in [5.41, 5.74) is 0.293. The highest BCUT2D eigenvalue weighted by molar-refractivity contribution is 6.21. The number of hydrogen-bond acceptors (Lipinski definition) is 3. The van der Waals surface area contributed by atoms with Crippen LogP contribution in [0.4, 0.5) is 0 Å². The second kappa shape index (κ2) is 3.92. The van der Waals surface area contributed by atoms with Crippen molar-refractivity contribution in [2.45, 2.75) is 31.3 Å². The predicted molar refractivity (Wildman–Crippen MR) is 65.2 cm³/mol. The van der Waals surface area contributed by atoms with Gasteiger partial charge in [0.1, 0.15) is 0 Å². The summed E-state index contributed by atoms with van der Waals surface area (Å²) >= 11 is 0. The first kappa shape index (κ1) is 11.4. The van der Waals surface area contributed by atoms with Crippen LogP contribution in [0.3, 0.4) is 0 Å². The van der Waals surface area contributed by atoms with E-state index < -0.39 is 5.60 Å². The van der Waals surface area contributed by atoms with Gasteiger partial charge in [-0.2, -0.15) is 0 Å². The lowest BCUT2D eigenvalue weighted by Crippen LogP contribution is -2.42. The molecule has 0 saturated heterocycles. The number of carbonyl (C=O) groups is 2. The molecular weight excluding hydrogens is 230 g/mol. The SMILES string of the molecule is O=C1c2ccccc2C(=O)N1CCC1(O)CCC1. The van der Waals surface area contributed by atoms with Crippen molar-refractivity contribution in [3.63, 3.8) is 0 Å². The summed E-state index contributed by atoms with van der Waals surface area (Å²) in [5.74, 6) is -0.475. The third-order valence-electron chi connectivity index (χ3n) is 3.96. The number of fused-ring (bicyclic) bond motifs is 1. The summed E-state index contributed by atoms with van der Waals surface area (Å²) in [6.07, 6.45) is 3.06. The topological polar surface area (TPSA) is 57.6 Å². The Labute approximate surface area is 105 Å². The fourth-order valence-electron chi connectivity index (χ4n) is 2.60. The van der Waals surface area contributed by atoms with Crippen LogP contribution in [0.1, 0.15) is 46.4 Å². The van der Waals surface area contributed by atoms with E-state index in [2.05, 4.69) is 0 Å². The smallest absolute Gasteiger partial charge is 0.261 e. The Kier molecular flexibility index (Phi) is 2.48. The maximum absolute atomic E-state index is 12.1. The molecular formula is C14H15NO3. The zero-order valence-electron chi connectivity index (χ0n) is 10.1. The van der Waals surface area contributed by atoms with Gasteiger partial charge >= 0.3 is 0 Å². The predicted octanol–water partition coefficient (Wildman–Crippen LogP) is 1.59. The number of hydrogen-bond donors (Lipinski definition) is 1. The minimum atomic E-state index is -0.657. The van der Waals surface area contributed by atoms with Gasteiger partial charge in [0, 0.05) is 6.54 Å². The van der Waals surface area contributed by atoms with Crippen molar-refractivity contribution in [1.29, 1.82) is 0 Å². The van der Waals surface area contributed by atoms with Crippen molar-refractivity contribution in [1.82, 2.24) is 4.90 Å². The zero-order chi connectivity index (χ0) is 12.8. The Morgan fingerprint density at radius 3 is 2.11 bits per heavy atom. The van der Waals surface area contributed by atoms with Crippen LogP contribution >= 0.6 is 0 Å². The maximum Gasteiger partial charge on any atom is 0.261 e. The standard InChI is InChI=1S/C14H15NO3/c16-12-10-4-1-2-5-11(10)13(17)15(12)9-8-14(18)6-3-7-14/h1-2,4-5,18H,3,6-9H2. The molecule has 1 aliphatic heterocycles. The minimum Gasteiger partial charge on any atom is -0.390 e. The molecule has 1 aliphatic carbocycles. The van der Waals surface area contributed by atoms with Crippen LogP contribution in [0.2, 0.25) is 0 Å². The van der Waals surface area contributed by atoms with Gasteiger partial charge in [-0.3, -0.25) is 14.5 Å². The van der Waals surface area contributed by atoms with Crippen LogP contribution in [0.5, 0.6) is 0 Å². The quantitative estimate of drug-likeness (QED) is 0.823. The van der Waals surface area contributed by atoms with Gasteiger partial charge in [0.15, 0.2) is 0 Å². The normalized spacial score (nSPS) is 20.8. The lowest BCUT2D eigenvalue weighted by molar-refractivity contribution is -0.0433. The van der Waals surface area contributed by atoms with Crippen molar-refractivity contribution >= 4 is 11.8 Å². The van der Waals surface area contributed by atoms with Crippen LogP contribution in [0.15, 0.2) is 24.3 Å². The monoisotopic (exact) mass is 245 g/mol. The average molecular weight is 245 g/mol. The van der Waals surface area contributed by atoms with Gasteiger partial charge in [0.05, 0.1) is 16.7 Å². The molecule has 94 valence electrons. The molecule has 2 aliphatic rings. The summed E-state index contributed by atoms with van der Waals surface area (Å²) in [6.45, 7) is 0.308. The Morgan fingerprint density at radius 2 is 1.67 bits per heavy atom. The van der Waals surface area contributed by atoms with Gasteiger partial charge in [-0.05, 0) is 37.8 Å². The Morgan fingerprint density at radius 1 is 1.11 bits per heavy atom. The van der Waals surface area contributed by atoms with Crippen molar-refractivity contribution in [2.24, 2.45) is 0 Å². The van der Waals surface area contributed by atoms with E-state index in [1.807, 2.05) is 0 Å². The molecule has 4 nitrogen and oxygen atoms in total. The Bertz CT molecular complexity index is 485. The molecule has 18 heavy (non-hydrogen) atoms. The van der Waals surface area contributed by atoms with E-state index in [0.717, 1.165) is 19.3 Å². The third kappa shape index (κ3) is 1.64. The molecule has 2 amide bonds. The van der Waals surface area contributed by atoms with Crippen molar-refractivity contribution in [3.05, 3.63) is 35.4 Å². The highest BCUT2D eigenvalue weighted by Crippen LogP contribution is 2.35. The molecule has 1 saturated carbocycles. The van der Waals surface area contributed by atoms with Gasteiger partial charge in [0.2, 0.25) is 0 Å². The molecule has 0 atom stereocenters. The number of rotatable bonds is 3. The number of aliphatic hydroxyl groups is 1. The Hall–Kier alpha value is -1.68. The van der Waals surface area contributed by atoms with Gasteiger partial charge in [-0.25, -0.2) is 0 Å². The summed E-state index contributed by atoms with van der Waals surface area (Å²) in [5, 5.41) is 10.0. The molecule has 1 aromatic rings. The second-order valence-electron chi connectivity index (χ2n) is 5.14. The van der Waals surface area contributed by atoms with E-state index in [-0.39, 0.29) is 11.8 Å². The van der Waals surface area contributed by atoms with E-state index in [4.69, 9.17) is 0 Å². The molecule has 0 radical (unpaired) electrons. The van der Waals surface area contributed by atoms with Gasteiger partial charge in [-0.1, -0.05) is 12.1 Å². The molecule has 1 heterocycles. The highest BCUT2D eigenvalue weighted by Gasteiger charge is 2.39. The number of benzene rings is 1. The third-order valence-corrected chi connectivity index (χ3v) is 3.96. The highest BCUT2D eigenvalue weighted by atomic mass is 16.3. The van der Waals surface area contributed by atoms with Crippen LogP contribution in [0.25, 0.3) is 0 Å². The molecule has 3 rings (SSSR count). The van der Waals surface area contributed by atoms with E-state index >= 15 is 0 Å². The number of amides is 2. The summed E-state index contributed by atoms with van der Waals surface area (Å²) in [7, 11) is 0. The maximum atomic E-state index is 12.1. The van der Waals surface area contributed by atoms with Crippen molar-refractivity contribution in [3.8, 4) is 0 Å². The van der Waals surface area contributed by atoms with E-state index in [1.54, 1.807) is 24.3 Å². The molecule has 1 N–H and O–H groups in total. The number of nitrogens with zero attached hydrogens (tertiary/aromatic N) is 1. The van der Waals surface area contributed by atoms with Gasteiger partial charge < -0.3 is 5.11 Å². The minimum absolute atomic E-state index is 0.237. The first-order chi connectivity index (χ1) is 8.61. The van der Waals surface area contributed by atoms with Crippen LogP contribution in [-0.2, 0) is 0 Å². The first-order valence-electron chi connectivity index (χ1n) is 6.28. The first-order valence-corrected chi connectivity index (χ1v) is 6.28.